The third-order valence-corrected chi connectivity index (χ3v) is 6.17. The second-order valence-electron chi connectivity index (χ2n) is 7.89. The Labute approximate surface area is 197 Å². The molecule has 1 unspecified atom stereocenters. The van der Waals surface area contributed by atoms with Gasteiger partial charge < -0.3 is 14.6 Å². The van der Waals surface area contributed by atoms with Crippen LogP contribution in [0.15, 0.2) is 93.0 Å². The quantitative estimate of drug-likeness (QED) is 0.333. The van der Waals surface area contributed by atoms with Crippen molar-refractivity contribution in [2.45, 2.75) is 13.0 Å². The number of anilines is 1. The number of halogens is 1. The lowest BCUT2D eigenvalue weighted by Crippen LogP contribution is -2.31. The Morgan fingerprint density at radius 3 is 2.36 bits per heavy atom. The summed E-state index contributed by atoms with van der Waals surface area (Å²) in [7, 11) is 0. The lowest BCUT2D eigenvalue weighted by Gasteiger charge is -2.27. The number of fused-ring (bicyclic) bond motifs is 1. The van der Waals surface area contributed by atoms with Crippen LogP contribution in [0.25, 0.3) is 11.0 Å². The second-order valence-corrected chi connectivity index (χ2v) is 8.80. The molecule has 2 N–H and O–H groups in total. The molecule has 1 atom stereocenters. The molecule has 0 saturated heterocycles. The number of rotatable bonds is 4. The summed E-state index contributed by atoms with van der Waals surface area (Å²) in [6, 6.07) is 19.5. The highest BCUT2D eigenvalue weighted by Gasteiger charge is 2.45. The van der Waals surface area contributed by atoms with E-state index < -0.39 is 23.5 Å². The molecule has 1 aliphatic heterocycles. The van der Waals surface area contributed by atoms with E-state index in [2.05, 4.69) is 15.9 Å². The van der Waals surface area contributed by atoms with E-state index in [0.29, 0.717) is 22.2 Å². The number of aromatic hydroxyl groups is 1. The summed E-state index contributed by atoms with van der Waals surface area (Å²) < 4.78 is 6.59. The lowest BCUT2D eigenvalue weighted by atomic mass is 9.94. The molecule has 4 aromatic rings. The maximum absolute atomic E-state index is 13.6. The maximum Gasteiger partial charge on any atom is 0.294 e. The molecule has 6 nitrogen and oxygen atoms in total. The summed E-state index contributed by atoms with van der Waals surface area (Å²) in [6.07, 6.45) is 0. The number of carbonyl (C=O) groups is 2. The minimum Gasteiger partial charge on any atom is -0.508 e. The predicted molar refractivity (Wildman–Crippen MR) is 127 cm³/mol. The van der Waals surface area contributed by atoms with Gasteiger partial charge >= 0.3 is 0 Å². The topological polar surface area (TPSA) is 91.0 Å². The van der Waals surface area contributed by atoms with Crippen molar-refractivity contribution in [3.05, 3.63) is 105 Å². The Balaban J connectivity index is 1.65. The van der Waals surface area contributed by atoms with Crippen molar-refractivity contribution in [1.82, 2.24) is 0 Å². The zero-order valence-electron chi connectivity index (χ0n) is 17.4. The first-order valence-corrected chi connectivity index (χ1v) is 11.0. The molecule has 1 amide bonds. The first-order chi connectivity index (χ1) is 15.8. The van der Waals surface area contributed by atoms with Gasteiger partial charge in [0.25, 0.3) is 5.91 Å². The second kappa shape index (κ2) is 7.94. The number of hydrogen-bond acceptors (Lipinski definition) is 5. The van der Waals surface area contributed by atoms with Gasteiger partial charge in [-0.1, -0.05) is 45.8 Å². The molecule has 164 valence electrons. The number of amides is 1. The molecule has 0 bridgehead atoms. The van der Waals surface area contributed by atoms with E-state index in [9.17, 15) is 19.8 Å². The molecule has 0 spiro atoms. The van der Waals surface area contributed by atoms with Crippen LogP contribution in [0.4, 0.5) is 5.69 Å². The van der Waals surface area contributed by atoms with Crippen LogP contribution < -0.4 is 4.90 Å². The number of nitrogens with zero attached hydrogens (tertiary/aromatic N) is 1. The summed E-state index contributed by atoms with van der Waals surface area (Å²) in [5.41, 5.74) is 2.54. The van der Waals surface area contributed by atoms with Gasteiger partial charge in [-0.2, -0.15) is 0 Å². The number of carbonyl (C=O) groups excluding carboxylic acids is 2. The van der Waals surface area contributed by atoms with E-state index in [1.807, 2.05) is 25.1 Å². The maximum atomic E-state index is 13.6. The predicted octanol–water partition coefficient (Wildman–Crippen LogP) is 5.99. The van der Waals surface area contributed by atoms with E-state index in [1.54, 1.807) is 42.5 Å². The van der Waals surface area contributed by atoms with Gasteiger partial charge in [-0.3, -0.25) is 14.5 Å². The average molecular weight is 504 g/mol. The Bertz CT molecular complexity index is 1430. The minimum atomic E-state index is -0.895. The number of phenolic OH excluding ortho intramolecular Hbond substituents is 1. The Morgan fingerprint density at radius 2 is 1.67 bits per heavy atom. The lowest BCUT2D eigenvalue weighted by molar-refractivity contribution is -0.117. The minimum absolute atomic E-state index is 0.0204. The van der Waals surface area contributed by atoms with Crippen LogP contribution in [-0.4, -0.2) is 21.9 Å². The van der Waals surface area contributed by atoms with Gasteiger partial charge in [0.2, 0.25) is 5.78 Å². The number of Topliss-reactive ketones (excluding diaryl/α,β-unsaturated/α-hetero) is 1. The summed E-state index contributed by atoms with van der Waals surface area (Å²) in [5.74, 6) is -1.82. The summed E-state index contributed by atoms with van der Waals surface area (Å²) >= 11 is 3.40. The monoisotopic (exact) mass is 503 g/mol. The van der Waals surface area contributed by atoms with Crippen molar-refractivity contribution in [2.24, 2.45) is 0 Å². The van der Waals surface area contributed by atoms with Crippen molar-refractivity contribution in [3.63, 3.8) is 0 Å². The van der Waals surface area contributed by atoms with E-state index in [0.717, 1.165) is 10.0 Å². The highest BCUT2D eigenvalue weighted by Crippen LogP contribution is 2.42. The van der Waals surface area contributed by atoms with Crippen LogP contribution in [0.2, 0.25) is 0 Å². The number of aryl methyl sites for hydroxylation is 1. The number of aliphatic hydroxyl groups excluding tert-OH is 1. The third kappa shape index (κ3) is 3.60. The number of hydrogen-bond donors (Lipinski definition) is 2. The van der Waals surface area contributed by atoms with E-state index in [-0.39, 0.29) is 17.1 Å². The zero-order valence-corrected chi connectivity index (χ0v) is 19.0. The highest BCUT2D eigenvalue weighted by atomic mass is 79.9. The molecule has 5 rings (SSSR count). The van der Waals surface area contributed by atoms with Gasteiger partial charge in [-0.25, -0.2) is 0 Å². The fourth-order valence-corrected chi connectivity index (χ4v) is 4.42. The first-order valence-electron chi connectivity index (χ1n) is 10.2. The smallest absolute Gasteiger partial charge is 0.294 e. The first kappa shape index (κ1) is 21.0. The molecular weight excluding hydrogens is 486 g/mol. The van der Waals surface area contributed by atoms with Crippen molar-refractivity contribution in [2.75, 3.05) is 4.90 Å². The number of benzene rings is 3. The molecule has 1 aromatic heterocycles. The van der Waals surface area contributed by atoms with E-state index in [4.69, 9.17) is 4.42 Å². The van der Waals surface area contributed by atoms with Crippen LogP contribution in [0.5, 0.6) is 5.75 Å². The molecular formula is C26H18BrNO5. The molecule has 33 heavy (non-hydrogen) atoms. The molecule has 0 saturated carbocycles. The van der Waals surface area contributed by atoms with Crippen LogP contribution in [0.1, 0.15) is 27.7 Å². The van der Waals surface area contributed by atoms with Crippen LogP contribution >= 0.6 is 15.9 Å². The van der Waals surface area contributed by atoms with Gasteiger partial charge in [0, 0.05) is 15.5 Å². The average Bonchev–Trinajstić information content (AvgIpc) is 3.33. The molecule has 0 aliphatic carbocycles. The van der Waals surface area contributed by atoms with Gasteiger partial charge in [0.05, 0.1) is 11.6 Å². The molecule has 1 aliphatic rings. The number of furan rings is 1. The van der Waals surface area contributed by atoms with Crippen LogP contribution in [-0.2, 0) is 4.79 Å². The summed E-state index contributed by atoms with van der Waals surface area (Å²) in [4.78, 5) is 28.2. The van der Waals surface area contributed by atoms with Gasteiger partial charge in [-0.15, -0.1) is 0 Å². The standard InChI is InChI=1S/C26H18BrNO5/c1-14-2-7-18(8-3-14)28-23(15-4-9-19(29)10-5-15)22(25(31)26(28)32)24(30)21-13-16-12-17(27)6-11-20(16)33-21/h2-13,23,29,31H,1H3. The molecule has 0 radical (unpaired) electrons. The number of phenols is 1. The van der Waals surface area contributed by atoms with E-state index in [1.165, 1.54) is 17.0 Å². The van der Waals surface area contributed by atoms with Crippen LogP contribution in [0.3, 0.4) is 0 Å². The van der Waals surface area contributed by atoms with Crippen molar-refractivity contribution in [1.29, 1.82) is 0 Å². The molecule has 7 heteroatoms. The largest absolute Gasteiger partial charge is 0.508 e. The van der Waals surface area contributed by atoms with Crippen molar-refractivity contribution in [3.8, 4) is 5.75 Å². The number of aliphatic hydroxyl groups is 1. The van der Waals surface area contributed by atoms with Crippen molar-refractivity contribution < 1.29 is 24.2 Å². The fraction of sp³-hybridized carbons (Fsp3) is 0.0769. The Kier molecular flexibility index (Phi) is 5.06. The highest BCUT2D eigenvalue weighted by molar-refractivity contribution is 9.10. The van der Waals surface area contributed by atoms with Crippen molar-refractivity contribution >= 4 is 44.3 Å². The Morgan fingerprint density at radius 1 is 0.970 bits per heavy atom. The summed E-state index contributed by atoms with van der Waals surface area (Å²) in [5, 5.41) is 21.3. The van der Waals surface area contributed by atoms with E-state index >= 15 is 0 Å². The van der Waals surface area contributed by atoms with Crippen LogP contribution in [0, 0.1) is 6.92 Å². The van der Waals surface area contributed by atoms with Gasteiger partial charge in [0.15, 0.2) is 11.5 Å². The SMILES string of the molecule is Cc1ccc(N2C(=O)C(O)=C(C(=O)c3cc4cc(Br)ccc4o3)C2c2ccc(O)cc2)cc1. The molecule has 2 heterocycles. The molecule has 0 fully saturated rings. The Hall–Kier alpha value is -3.84. The number of ketones is 1. The zero-order chi connectivity index (χ0) is 23.3. The molecule has 3 aromatic carbocycles. The summed E-state index contributed by atoms with van der Waals surface area (Å²) in [6.45, 7) is 1.93. The third-order valence-electron chi connectivity index (χ3n) is 5.68. The normalized spacial score (nSPS) is 16.1. The van der Waals surface area contributed by atoms with Gasteiger partial charge in [-0.05, 0) is 61.0 Å². The fourth-order valence-electron chi connectivity index (χ4n) is 4.04. The van der Waals surface area contributed by atoms with Gasteiger partial charge in [0.1, 0.15) is 11.3 Å².